The Hall–Kier alpha value is 0.442. The van der Waals surface area contributed by atoms with E-state index in [1.165, 1.54) is 0 Å². The summed E-state index contributed by atoms with van der Waals surface area (Å²) in [6.45, 7) is 0. The molecule has 0 aliphatic carbocycles. The predicted octanol–water partition coefficient (Wildman–Crippen LogP) is -2.43. The van der Waals surface area contributed by atoms with Crippen LogP contribution in [0.1, 0.15) is 0 Å². The molecule has 7 heteroatoms. The molecule has 62 valence electrons. The first-order valence-electron chi connectivity index (χ1n) is 2.06. The zero-order valence-corrected chi connectivity index (χ0v) is 10.7. The van der Waals surface area contributed by atoms with Crippen molar-refractivity contribution in [3.05, 3.63) is 0 Å². The molecule has 0 amide bonds. The zero-order chi connectivity index (χ0) is 8.57. The van der Waals surface area contributed by atoms with E-state index in [4.69, 9.17) is 19.8 Å². The molecule has 0 aromatic heterocycles. The van der Waals surface area contributed by atoms with Gasteiger partial charge in [-0.05, 0) is 0 Å². The third-order valence-electron chi connectivity index (χ3n) is 0.218. The van der Waals surface area contributed by atoms with E-state index in [9.17, 15) is 0 Å². The fraction of sp³-hybridized carbons (Fsp3) is 0.500. The molecule has 0 unspecified atom stereocenters. The Bertz CT molecular complexity index is 105. The number of rotatable bonds is 2. The molecule has 0 aromatic carbocycles. The first-order chi connectivity index (χ1) is 4.54. The minimum atomic E-state index is -1.23. The summed E-state index contributed by atoms with van der Waals surface area (Å²) in [5, 5.41) is 18.2. The summed E-state index contributed by atoms with van der Waals surface area (Å²) in [5.74, 6) is -3.29. The van der Waals surface area contributed by atoms with Crippen molar-refractivity contribution in [2.24, 2.45) is 0 Å². The van der Waals surface area contributed by atoms with E-state index < -0.39 is 23.7 Å². The number of halogens is 2. The van der Waals surface area contributed by atoms with Gasteiger partial charge in [0.2, 0.25) is 0 Å². The molecule has 0 rings (SSSR count). The van der Waals surface area contributed by atoms with Gasteiger partial charge in [0.05, 0.1) is 23.7 Å². The van der Waals surface area contributed by atoms with Crippen LogP contribution in [-0.2, 0) is 9.59 Å². The first-order valence-corrected chi connectivity index (χ1v) is 3.13. The second-order valence-electron chi connectivity index (χ2n) is 1.01. The van der Waals surface area contributed by atoms with Crippen molar-refractivity contribution in [2.45, 2.75) is 0 Å². The van der Waals surface area contributed by atoms with Crippen molar-refractivity contribution in [3.8, 4) is 0 Å². The number of alkyl halides is 2. The maximum Gasteiger partial charge on any atom is 2.00 e. The summed E-state index contributed by atoms with van der Waals surface area (Å²) in [5.41, 5.74) is 0. The molecule has 0 saturated carbocycles. The Morgan fingerprint density at radius 1 is 1.00 bits per heavy atom. The molecule has 0 heterocycles. The maximum atomic E-state index is 9.12. The molecule has 0 spiro atoms. The van der Waals surface area contributed by atoms with Gasteiger partial charge in [0.1, 0.15) is 0 Å². The van der Waals surface area contributed by atoms with Crippen LogP contribution in [0.15, 0.2) is 0 Å². The van der Waals surface area contributed by atoms with Crippen molar-refractivity contribution in [1.29, 1.82) is 0 Å². The molecule has 0 N–H and O–H groups in total. The number of hydrogen-bond donors (Lipinski definition) is 0. The van der Waals surface area contributed by atoms with E-state index in [0.29, 0.717) is 0 Å². The summed E-state index contributed by atoms with van der Waals surface area (Å²) in [6, 6.07) is 0. The topological polar surface area (TPSA) is 80.3 Å². The van der Waals surface area contributed by atoms with Crippen molar-refractivity contribution < 1.29 is 19.8 Å². The van der Waals surface area contributed by atoms with E-state index in [0.717, 1.165) is 0 Å². The average Bonchev–Trinajstić information content (AvgIpc) is 1.89. The van der Waals surface area contributed by atoms with Gasteiger partial charge >= 0.3 is 27.3 Å². The molecule has 0 aliphatic heterocycles. The van der Waals surface area contributed by atoms with Crippen LogP contribution in [0.4, 0.5) is 0 Å². The van der Waals surface area contributed by atoms with Gasteiger partial charge in [-0.15, -0.1) is 23.2 Å². The number of carboxylic acid groups (broad SMARTS) is 2. The number of aliphatic carboxylic acids is 2. The van der Waals surface area contributed by atoms with Crippen molar-refractivity contribution >= 4 is 62.4 Å². The molecule has 0 bridgehead atoms. The molecule has 4 nitrogen and oxygen atoms in total. The molecule has 0 atom stereocenters. The van der Waals surface area contributed by atoms with Crippen LogP contribution in [0, 0.1) is 0 Å². The molecule has 0 fully saturated rings. The van der Waals surface area contributed by atoms with Crippen molar-refractivity contribution in [2.75, 3.05) is 11.8 Å². The molecule has 0 saturated heterocycles. The van der Waals surface area contributed by atoms with Gasteiger partial charge < -0.3 is 19.8 Å². The van der Waals surface area contributed by atoms with E-state index in [-0.39, 0.29) is 27.3 Å². The molecular weight excluding hydrogens is 390 g/mol. The SMILES string of the molecule is O=C([O-])CCl.O=C([O-])CCl.[Pb+2]. The van der Waals surface area contributed by atoms with Crippen molar-refractivity contribution in [1.82, 2.24) is 0 Å². The molecule has 11 heavy (non-hydrogen) atoms. The molecule has 0 aliphatic rings. The van der Waals surface area contributed by atoms with Gasteiger partial charge in [0.25, 0.3) is 0 Å². The van der Waals surface area contributed by atoms with E-state index in [1.54, 1.807) is 0 Å². The van der Waals surface area contributed by atoms with Gasteiger partial charge in [-0.3, -0.25) is 0 Å². The Labute approximate surface area is 93.6 Å². The predicted molar refractivity (Wildman–Crippen MR) is 37.2 cm³/mol. The van der Waals surface area contributed by atoms with Gasteiger partial charge in [-0.25, -0.2) is 0 Å². The standard InChI is InChI=1S/2C2H3ClO2.Pb/c2*3-1-2(4)5;/h2*1H2,(H,4,5);/q;;+2/p-2. The zero-order valence-electron chi connectivity index (χ0n) is 5.30. The van der Waals surface area contributed by atoms with Crippen LogP contribution in [0.2, 0.25) is 0 Å². The van der Waals surface area contributed by atoms with Crippen LogP contribution in [-0.4, -0.2) is 51.0 Å². The van der Waals surface area contributed by atoms with Gasteiger partial charge in [-0.2, -0.15) is 0 Å². The Morgan fingerprint density at radius 3 is 1.09 bits per heavy atom. The maximum absolute atomic E-state index is 9.12. The summed E-state index contributed by atoms with van der Waals surface area (Å²) in [7, 11) is 0. The van der Waals surface area contributed by atoms with E-state index >= 15 is 0 Å². The van der Waals surface area contributed by atoms with Crippen LogP contribution in [0.5, 0.6) is 0 Å². The van der Waals surface area contributed by atoms with Crippen LogP contribution >= 0.6 is 23.2 Å². The molecule has 2 radical (unpaired) electrons. The fourth-order valence-electron chi connectivity index (χ4n) is 0. The Balaban J connectivity index is -0.000000107. The number of carbonyl (C=O) groups is 2. The Kier molecular flexibility index (Phi) is 20.8. The normalized spacial score (nSPS) is 6.73. The minimum absolute atomic E-state index is 0. The summed E-state index contributed by atoms with van der Waals surface area (Å²) in [6.07, 6.45) is 0. The van der Waals surface area contributed by atoms with Gasteiger partial charge in [-0.1, -0.05) is 0 Å². The van der Waals surface area contributed by atoms with E-state index in [1.807, 2.05) is 0 Å². The fourth-order valence-corrected chi connectivity index (χ4v) is 0. The summed E-state index contributed by atoms with van der Waals surface area (Å²) >= 11 is 9.35. The first kappa shape index (κ1) is 17.5. The van der Waals surface area contributed by atoms with Gasteiger partial charge in [0.15, 0.2) is 0 Å². The minimum Gasteiger partial charge on any atom is -0.549 e. The van der Waals surface area contributed by atoms with Crippen molar-refractivity contribution in [3.63, 3.8) is 0 Å². The molecule has 0 aromatic rings. The summed E-state index contributed by atoms with van der Waals surface area (Å²) < 4.78 is 0. The quantitative estimate of drug-likeness (QED) is 0.386. The van der Waals surface area contributed by atoms with Crippen LogP contribution in [0.25, 0.3) is 0 Å². The monoisotopic (exact) mass is 394 g/mol. The van der Waals surface area contributed by atoms with Gasteiger partial charge in [0, 0.05) is 0 Å². The van der Waals surface area contributed by atoms with E-state index in [2.05, 4.69) is 23.2 Å². The third-order valence-corrected chi connectivity index (χ3v) is 0.655. The number of carboxylic acids is 2. The largest absolute Gasteiger partial charge is 2.00 e. The van der Waals surface area contributed by atoms with Crippen LogP contribution in [0.3, 0.4) is 0 Å². The number of hydrogen-bond acceptors (Lipinski definition) is 4. The molecular formula is C4H4Cl2O4Pb. The summed E-state index contributed by atoms with van der Waals surface area (Å²) in [4.78, 5) is 18.2. The smallest absolute Gasteiger partial charge is 0.549 e. The Morgan fingerprint density at radius 2 is 1.09 bits per heavy atom. The second-order valence-corrected chi connectivity index (χ2v) is 1.55. The average molecular weight is 394 g/mol. The number of carbonyl (C=O) groups excluding carboxylic acids is 2. The second kappa shape index (κ2) is 13.1. The van der Waals surface area contributed by atoms with Crippen LogP contribution < -0.4 is 10.2 Å². The third kappa shape index (κ3) is 37.7.